The first-order valence-corrected chi connectivity index (χ1v) is 6.02. The van der Waals surface area contributed by atoms with Crippen LogP contribution in [0, 0.1) is 0 Å². The van der Waals surface area contributed by atoms with Gasteiger partial charge < -0.3 is 19.5 Å². The standard InChI is InChI=1S/C13H17NO4/c1-2-16-12(15)11(13-17-8-9-18-13)14-10-6-4-3-5-7-10/h3-7,11,13-14H,2,8-9H2,1H3/t11-/m1/s1. The first-order chi connectivity index (χ1) is 8.81. The normalized spacial score (nSPS) is 17.4. The van der Waals surface area contributed by atoms with E-state index in [-0.39, 0.29) is 5.97 Å². The van der Waals surface area contributed by atoms with Gasteiger partial charge in [-0.25, -0.2) is 4.79 Å². The number of nitrogens with one attached hydrogen (secondary N) is 1. The molecule has 1 aliphatic rings. The molecule has 1 N–H and O–H groups in total. The van der Waals surface area contributed by atoms with Crippen molar-refractivity contribution in [3.63, 3.8) is 0 Å². The molecule has 1 aromatic carbocycles. The third-order valence-electron chi connectivity index (χ3n) is 2.56. The Morgan fingerprint density at radius 1 is 1.39 bits per heavy atom. The summed E-state index contributed by atoms with van der Waals surface area (Å²) in [6.07, 6.45) is -0.593. The van der Waals surface area contributed by atoms with Crippen LogP contribution in [0.3, 0.4) is 0 Å². The predicted molar refractivity (Wildman–Crippen MR) is 66.2 cm³/mol. The van der Waals surface area contributed by atoms with Crippen LogP contribution < -0.4 is 5.32 Å². The van der Waals surface area contributed by atoms with E-state index in [1.807, 2.05) is 30.3 Å². The molecule has 1 aromatic rings. The highest BCUT2D eigenvalue weighted by Gasteiger charge is 2.33. The van der Waals surface area contributed by atoms with Crippen LogP contribution in [0.25, 0.3) is 0 Å². The van der Waals surface area contributed by atoms with E-state index in [0.29, 0.717) is 19.8 Å². The maximum atomic E-state index is 11.9. The van der Waals surface area contributed by atoms with Gasteiger partial charge in [-0.2, -0.15) is 0 Å². The molecule has 18 heavy (non-hydrogen) atoms. The fraction of sp³-hybridized carbons (Fsp3) is 0.462. The average molecular weight is 251 g/mol. The summed E-state index contributed by atoms with van der Waals surface area (Å²) in [5.74, 6) is -0.367. The summed E-state index contributed by atoms with van der Waals surface area (Å²) in [5, 5.41) is 3.08. The van der Waals surface area contributed by atoms with E-state index in [4.69, 9.17) is 14.2 Å². The second-order valence-corrected chi connectivity index (χ2v) is 3.85. The van der Waals surface area contributed by atoms with Gasteiger partial charge in [0, 0.05) is 5.69 Å². The maximum Gasteiger partial charge on any atom is 0.333 e. The SMILES string of the molecule is CCOC(=O)[C@@H](Nc1ccccc1)C1OCCO1. The van der Waals surface area contributed by atoms with Crippen molar-refractivity contribution < 1.29 is 19.0 Å². The van der Waals surface area contributed by atoms with Crippen LogP contribution in [0.1, 0.15) is 6.92 Å². The van der Waals surface area contributed by atoms with E-state index in [1.165, 1.54) is 0 Å². The largest absolute Gasteiger partial charge is 0.464 e. The molecular weight excluding hydrogens is 234 g/mol. The van der Waals surface area contributed by atoms with Gasteiger partial charge >= 0.3 is 5.97 Å². The smallest absolute Gasteiger partial charge is 0.333 e. The molecule has 0 bridgehead atoms. The molecule has 1 atom stereocenters. The van der Waals surface area contributed by atoms with E-state index in [0.717, 1.165) is 5.69 Å². The molecular formula is C13H17NO4. The summed E-state index contributed by atoms with van der Waals surface area (Å²) in [6, 6.07) is 8.80. The lowest BCUT2D eigenvalue weighted by molar-refractivity contribution is -0.153. The van der Waals surface area contributed by atoms with Gasteiger partial charge in [0.25, 0.3) is 0 Å². The number of para-hydroxylation sites is 1. The van der Waals surface area contributed by atoms with E-state index in [9.17, 15) is 4.79 Å². The second kappa shape index (κ2) is 6.37. The van der Waals surface area contributed by atoms with Crippen molar-refractivity contribution in [1.29, 1.82) is 0 Å². The Bertz CT molecular complexity index is 376. The van der Waals surface area contributed by atoms with Crippen molar-refractivity contribution in [3.05, 3.63) is 30.3 Å². The van der Waals surface area contributed by atoms with Gasteiger partial charge in [-0.15, -0.1) is 0 Å². The number of rotatable bonds is 5. The minimum absolute atomic E-state index is 0.332. The summed E-state index contributed by atoms with van der Waals surface area (Å²) in [6.45, 7) is 3.10. The van der Waals surface area contributed by atoms with E-state index in [1.54, 1.807) is 6.92 Å². The number of benzene rings is 1. The summed E-state index contributed by atoms with van der Waals surface area (Å²) in [5.41, 5.74) is 0.828. The maximum absolute atomic E-state index is 11.9. The molecule has 0 spiro atoms. The topological polar surface area (TPSA) is 56.8 Å². The van der Waals surface area contributed by atoms with E-state index in [2.05, 4.69) is 5.32 Å². The summed E-state index contributed by atoms with van der Waals surface area (Å²) < 4.78 is 15.8. The zero-order valence-corrected chi connectivity index (χ0v) is 10.3. The third-order valence-corrected chi connectivity index (χ3v) is 2.56. The Hall–Kier alpha value is -1.59. The summed E-state index contributed by atoms with van der Waals surface area (Å²) >= 11 is 0. The zero-order chi connectivity index (χ0) is 12.8. The molecule has 0 saturated carbocycles. The number of hydrogen-bond acceptors (Lipinski definition) is 5. The summed E-state index contributed by atoms with van der Waals surface area (Å²) in [4.78, 5) is 11.9. The lowest BCUT2D eigenvalue weighted by atomic mass is 10.2. The average Bonchev–Trinajstić information content (AvgIpc) is 2.91. The fourth-order valence-corrected chi connectivity index (χ4v) is 1.75. The van der Waals surface area contributed by atoms with Crippen LogP contribution in [0.5, 0.6) is 0 Å². The van der Waals surface area contributed by atoms with Crippen LogP contribution in [0.2, 0.25) is 0 Å². The monoisotopic (exact) mass is 251 g/mol. The number of carbonyl (C=O) groups is 1. The molecule has 2 rings (SSSR count). The van der Waals surface area contributed by atoms with Crippen molar-refractivity contribution in [2.24, 2.45) is 0 Å². The van der Waals surface area contributed by atoms with E-state index >= 15 is 0 Å². The van der Waals surface area contributed by atoms with Crippen LogP contribution in [0.4, 0.5) is 5.69 Å². The Morgan fingerprint density at radius 3 is 2.67 bits per heavy atom. The van der Waals surface area contributed by atoms with Crippen LogP contribution in [0.15, 0.2) is 30.3 Å². The molecule has 1 fully saturated rings. The first kappa shape index (κ1) is 12.9. The van der Waals surface area contributed by atoms with Crippen molar-refractivity contribution >= 4 is 11.7 Å². The number of esters is 1. The zero-order valence-electron chi connectivity index (χ0n) is 10.3. The molecule has 98 valence electrons. The van der Waals surface area contributed by atoms with Crippen LogP contribution >= 0.6 is 0 Å². The van der Waals surface area contributed by atoms with Gasteiger partial charge in [0.15, 0.2) is 12.3 Å². The summed E-state index contributed by atoms with van der Waals surface area (Å²) in [7, 11) is 0. The molecule has 0 aromatic heterocycles. The molecule has 0 aliphatic carbocycles. The molecule has 5 nitrogen and oxygen atoms in total. The number of carbonyl (C=O) groups excluding carboxylic acids is 1. The Morgan fingerprint density at radius 2 is 2.06 bits per heavy atom. The predicted octanol–water partition coefficient (Wildman–Crippen LogP) is 1.40. The van der Waals surface area contributed by atoms with Gasteiger partial charge in [-0.05, 0) is 19.1 Å². The molecule has 1 saturated heterocycles. The van der Waals surface area contributed by atoms with Gasteiger partial charge in [-0.1, -0.05) is 18.2 Å². The lowest BCUT2D eigenvalue weighted by Crippen LogP contribution is -2.42. The second-order valence-electron chi connectivity index (χ2n) is 3.85. The van der Waals surface area contributed by atoms with Gasteiger partial charge in [0.05, 0.1) is 19.8 Å². The van der Waals surface area contributed by atoms with Crippen molar-refractivity contribution in [3.8, 4) is 0 Å². The Kier molecular flexibility index (Phi) is 4.55. The minimum atomic E-state index is -0.644. The molecule has 1 heterocycles. The Labute approximate surface area is 106 Å². The van der Waals surface area contributed by atoms with Crippen molar-refractivity contribution in [1.82, 2.24) is 0 Å². The molecule has 0 radical (unpaired) electrons. The molecule has 5 heteroatoms. The highest BCUT2D eigenvalue weighted by Crippen LogP contribution is 2.16. The van der Waals surface area contributed by atoms with Crippen molar-refractivity contribution in [2.45, 2.75) is 19.3 Å². The number of hydrogen-bond donors (Lipinski definition) is 1. The van der Waals surface area contributed by atoms with Crippen molar-refractivity contribution in [2.75, 3.05) is 25.1 Å². The number of anilines is 1. The van der Waals surface area contributed by atoms with Gasteiger partial charge in [-0.3, -0.25) is 0 Å². The van der Waals surface area contributed by atoms with E-state index < -0.39 is 12.3 Å². The highest BCUT2D eigenvalue weighted by atomic mass is 16.7. The number of ether oxygens (including phenoxy) is 3. The quantitative estimate of drug-likeness (QED) is 0.802. The van der Waals surface area contributed by atoms with Crippen LogP contribution in [-0.4, -0.2) is 38.1 Å². The van der Waals surface area contributed by atoms with Gasteiger partial charge in [0.1, 0.15) is 0 Å². The van der Waals surface area contributed by atoms with Gasteiger partial charge in [0.2, 0.25) is 0 Å². The molecule has 0 amide bonds. The highest BCUT2D eigenvalue weighted by molar-refractivity contribution is 5.79. The Balaban J connectivity index is 2.06. The third kappa shape index (κ3) is 3.21. The molecule has 0 unspecified atom stereocenters. The minimum Gasteiger partial charge on any atom is -0.464 e. The molecule has 1 aliphatic heterocycles. The fourth-order valence-electron chi connectivity index (χ4n) is 1.75. The van der Waals surface area contributed by atoms with Crippen LogP contribution in [-0.2, 0) is 19.0 Å². The first-order valence-electron chi connectivity index (χ1n) is 6.02. The lowest BCUT2D eigenvalue weighted by Gasteiger charge is -2.22.